The van der Waals surface area contributed by atoms with Gasteiger partial charge in [-0.3, -0.25) is 4.68 Å². The Balaban J connectivity index is 1.64. The van der Waals surface area contributed by atoms with Gasteiger partial charge in [0, 0.05) is 23.7 Å². The van der Waals surface area contributed by atoms with Crippen molar-refractivity contribution >= 4 is 39.3 Å². The van der Waals surface area contributed by atoms with E-state index in [0.29, 0.717) is 12.3 Å². The summed E-state index contributed by atoms with van der Waals surface area (Å²) in [5, 5.41) is 13.6. The van der Waals surface area contributed by atoms with Crippen LogP contribution in [-0.2, 0) is 6.54 Å². The van der Waals surface area contributed by atoms with Crippen LogP contribution in [0.1, 0.15) is 6.42 Å². The number of fused-ring (bicyclic) bond motifs is 1. The van der Waals surface area contributed by atoms with Gasteiger partial charge in [-0.15, -0.1) is 0 Å². The quantitative estimate of drug-likeness (QED) is 0.516. The monoisotopic (exact) mass is 425 g/mol. The van der Waals surface area contributed by atoms with Gasteiger partial charge in [-0.25, -0.2) is 4.45 Å². The summed E-state index contributed by atoms with van der Waals surface area (Å²) in [5.74, 6) is 0.700. The van der Waals surface area contributed by atoms with Crippen LogP contribution in [-0.4, -0.2) is 32.4 Å². The molecule has 22 heavy (non-hydrogen) atoms. The van der Waals surface area contributed by atoms with E-state index in [1.165, 1.54) is 28.5 Å². The van der Waals surface area contributed by atoms with E-state index in [0.717, 1.165) is 19.6 Å². The third-order valence-corrected chi connectivity index (χ3v) is 6.14. The Morgan fingerprint density at radius 1 is 1.27 bits per heavy atom. The van der Waals surface area contributed by atoms with Crippen molar-refractivity contribution in [1.82, 2.24) is 24.6 Å². The fraction of sp³-hybridized carbons (Fsp3) is 0.333. The van der Waals surface area contributed by atoms with Crippen LogP contribution in [0.3, 0.4) is 0 Å². The summed E-state index contributed by atoms with van der Waals surface area (Å²) in [7, 11) is 0. The molecule has 1 aromatic carbocycles. The lowest BCUT2D eigenvalue weighted by Crippen LogP contribution is -2.15. The normalized spacial score (nSPS) is 18.9. The topological polar surface area (TPSA) is 47.7 Å². The summed E-state index contributed by atoms with van der Waals surface area (Å²) in [6, 6.07) is 6.57. The lowest BCUT2D eigenvalue weighted by Gasteiger charge is -2.09. The van der Waals surface area contributed by atoms with Crippen molar-refractivity contribution in [2.45, 2.75) is 13.0 Å². The number of nitrogens with one attached hydrogen (secondary N) is 1. The van der Waals surface area contributed by atoms with Crippen LogP contribution >= 0.6 is 28.4 Å². The second-order valence-corrected chi connectivity index (χ2v) is 7.79. The highest BCUT2D eigenvalue weighted by molar-refractivity contribution is 14.2. The summed E-state index contributed by atoms with van der Waals surface area (Å²) in [5.41, 5.74) is 3.59. The molecule has 7 heteroatoms. The molecule has 1 fully saturated rings. The van der Waals surface area contributed by atoms with Crippen LogP contribution in [0.2, 0.25) is 0 Å². The Morgan fingerprint density at radius 2 is 2.23 bits per heavy atom. The first-order chi connectivity index (χ1) is 10.8. The summed E-state index contributed by atoms with van der Waals surface area (Å²) in [6.07, 6.45) is 7.89. The van der Waals surface area contributed by atoms with Crippen molar-refractivity contribution in [3.05, 3.63) is 36.8 Å². The number of aromatic nitrogens is 4. The van der Waals surface area contributed by atoms with Crippen LogP contribution in [0.4, 0.5) is 0 Å². The molecule has 0 aliphatic carbocycles. The summed E-state index contributed by atoms with van der Waals surface area (Å²) in [4.78, 5) is 0. The van der Waals surface area contributed by atoms with E-state index in [1.54, 1.807) is 0 Å². The number of hydrogen-bond donors (Lipinski definition) is 1. The molecule has 2 aromatic heterocycles. The van der Waals surface area contributed by atoms with Gasteiger partial charge in [0.15, 0.2) is 0 Å². The molecule has 1 saturated heterocycles. The predicted molar refractivity (Wildman–Crippen MR) is 99.7 cm³/mol. The van der Waals surface area contributed by atoms with Crippen LogP contribution in [0.5, 0.6) is 0 Å². The molecule has 1 aliphatic heterocycles. The molecule has 5 nitrogen and oxygen atoms in total. The van der Waals surface area contributed by atoms with Crippen molar-refractivity contribution in [3.8, 4) is 11.1 Å². The Labute approximate surface area is 143 Å². The molecule has 4 rings (SSSR count). The van der Waals surface area contributed by atoms with E-state index in [2.05, 4.69) is 66.6 Å². The number of rotatable bonds is 4. The second-order valence-electron chi connectivity index (χ2n) is 5.72. The maximum atomic E-state index is 4.58. The Bertz CT molecular complexity index is 790. The fourth-order valence-corrected chi connectivity index (χ4v) is 4.13. The van der Waals surface area contributed by atoms with Gasteiger partial charge < -0.3 is 5.32 Å². The van der Waals surface area contributed by atoms with E-state index < -0.39 is 0 Å². The second kappa shape index (κ2) is 6.26. The fourth-order valence-electron chi connectivity index (χ4n) is 3.05. The van der Waals surface area contributed by atoms with E-state index in [4.69, 9.17) is 0 Å². The minimum Gasteiger partial charge on any atom is -0.316 e. The Morgan fingerprint density at radius 3 is 3.00 bits per heavy atom. The number of hydrogen-bond acceptors (Lipinski definition) is 3. The van der Waals surface area contributed by atoms with Gasteiger partial charge >= 0.3 is 0 Å². The molecule has 0 radical (unpaired) electrons. The van der Waals surface area contributed by atoms with Gasteiger partial charge in [0.2, 0.25) is 0 Å². The summed E-state index contributed by atoms with van der Waals surface area (Å²) in [6.45, 7) is 3.24. The van der Waals surface area contributed by atoms with Crippen LogP contribution in [0, 0.1) is 5.92 Å². The molecule has 1 aliphatic rings. The molecule has 0 saturated carbocycles. The largest absolute Gasteiger partial charge is 0.316 e. The van der Waals surface area contributed by atoms with E-state index >= 15 is 0 Å². The highest BCUT2D eigenvalue weighted by Crippen LogP contribution is 2.28. The Kier molecular flexibility index (Phi) is 4.15. The number of halogens is 1. The van der Waals surface area contributed by atoms with Crippen molar-refractivity contribution in [3.63, 3.8) is 0 Å². The van der Waals surface area contributed by atoms with Crippen LogP contribution in [0.15, 0.2) is 36.8 Å². The average Bonchev–Trinajstić information content (AvgIpc) is 3.28. The van der Waals surface area contributed by atoms with Crippen LogP contribution in [0.25, 0.3) is 22.0 Å². The zero-order valence-electron chi connectivity index (χ0n) is 12.0. The van der Waals surface area contributed by atoms with Crippen molar-refractivity contribution < 1.29 is 0 Å². The minimum absolute atomic E-state index is 0.637. The third kappa shape index (κ3) is 2.79. The molecule has 1 N–H and O–H groups in total. The molecule has 0 spiro atoms. The third-order valence-electron chi connectivity index (χ3n) is 4.24. The maximum absolute atomic E-state index is 4.58. The predicted octanol–water partition coefficient (Wildman–Crippen LogP) is 3.30. The number of nitrogens with zero attached hydrogens (tertiary/aromatic N) is 4. The molecular weight excluding hydrogens is 408 g/mol. The van der Waals surface area contributed by atoms with E-state index in [9.17, 15) is 0 Å². The van der Waals surface area contributed by atoms with Crippen molar-refractivity contribution in [2.24, 2.45) is 5.92 Å². The smallest absolute Gasteiger partial charge is 0.0682 e. The molecule has 2 atom stereocenters. The lowest BCUT2D eigenvalue weighted by molar-refractivity contribution is 0.459. The molecule has 3 heterocycles. The standard InChI is InChI=1S/C15H17IN5P/c16-22-21-10-14(8-19-21)12-1-2-15-13(5-12)7-18-20(15)9-11-3-4-17-6-11/h1-2,5,7-8,10-11,17,22H,3-4,6,9H2. The molecule has 0 amide bonds. The van der Waals surface area contributed by atoms with Gasteiger partial charge in [0.1, 0.15) is 0 Å². The van der Waals surface area contributed by atoms with Gasteiger partial charge in [0.25, 0.3) is 0 Å². The summed E-state index contributed by atoms with van der Waals surface area (Å²) >= 11 is 2.34. The van der Waals surface area contributed by atoms with Crippen LogP contribution < -0.4 is 5.32 Å². The van der Waals surface area contributed by atoms with E-state index in [-0.39, 0.29) is 0 Å². The van der Waals surface area contributed by atoms with Gasteiger partial charge in [0.05, 0.1) is 24.3 Å². The molecular formula is C15H17IN5P. The van der Waals surface area contributed by atoms with Gasteiger partial charge in [-0.05, 0) is 65.2 Å². The summed E-state index contributed by atoms with van der Waals surface area (Å²) < 4.78 is 4.11. The SMILES string of the molecule is IPn1cc(-c2ccc3c(cnn3CC3CCNC3)c2)cn1. The first kappa shape index (κ1) is 14.6. The molecule has 0 bridgehead atoms. The van der Waals surface area contributed by atoms with E-state index in [1.807, 2.05) is 16.8 Å². The first-order valence-corrected chi connectivity index (χ1v) is 11.5. The molecule has 2 unspecified atom stereocenters. The first-order valence-electron chi connectivity index (χ1n) is 7.41. The number of benzene rings is 1. The average molecular weight is 425 g/mol. The van der Waals surface area contributed by atoms with Gasteiger partial charge in [-0.2, -0.15) is 10.2 Å². The molecule has 3 aromatic rings. The highest BCUT2D eigenvalue weighted by Gasteiger charge is 2.16. The van der Waals surface area contributed by atoms with Gasteiger partial charge in [-0.1, -0.05) is 6.07 Å². The Hall–Kier alpha value is -0.980. The zero-order valence-corrected chi connectivity index (χ0v) is 15.2. The van der Waals surface area contributed by atoms with Crippen molar-refractivity contribution in [2.75, 3.05) is 13.1 Å². The zero-order chi connectivity index (χ0) is 14.9. The lowest BCUT2D eigenvalue weighted by atomic mass is 10.1. The molecule has 114 valence electrons. The highest BCUT2D eigenvalue weighted by atomic mass is 127. The minimum atomic E-state index is 0.637. The maximum Gasteiger partial charge on any atom is 0.0682 e. The van der Waals surface area contributed by atoms with Crippen molar-refractivity contribution in [1.29, 1.82) is 0 Å².